The second kappa shape index (κ2) is 7.31. The number of halogens is 1. The highest BCUT2D eigenvalue weighted by Crippen LogP contribution is 2.24. The van der Waals surface area contributed by atoms with Gasteiger partial charge in [-0.1, -0.05) is 30.3 Å². The third-order valence-electron chi connectivity index (χ3n) is 2.35. The standard InChI is InChI=1S/C13H15ClN4S/c1-2-6-15-12-5-4-10(14)11(18-12)9-19-13-16-7-3-8-17-13/h3-5,7-8H,2,6,9H2,1H3,(H,15,18). The lowest BCUT2D eigenvalue weighted by Crippen LogP contribution is -2.03. The minimum atomic E-state index is 0.657. The van der Waals surface area contributed by atoms with Crippen LogP contribution in [0.2, 0.25) is 5.02 Å². The van der Waals surface area contributed by atoms with Gasteiger partial charge in [0.05, 0.1) is 10.7 Å². The molecule has 0 aliphatic rings. The monoisotopic (exact) mass is 294 g/mol. The summed E-state index contributed by atoms with van der Waals surface area (Å²) in [7, 11) is 0. The van der Waals surface area contributed by atoms with Crippen molar-refractivity contribution in [2.75, 3.05) is 11.9 Å². The van der Waals surface area contributed by atoms with Gasteiger partial charge in [0.1, 0.15) is 5.82 Å². The summed E-state index contributed by atoms with van der Waals surface area (Å²) in [5.41, 5.74) is 0.847. The fourth-order valence-electron chi connectivity index (χ4n) is 1.43. The van der Waals surface area contributed by atoms with E-state index in [4.69, 9.17) is 11.6 Å². The van der Waals surface area contributed by atoms with Crippen LogP contribution in [-0.4, -0.2) is 21.5 Å². The number of hydrogen-bond acceptors (Lipinski definition) is 5. The SMILES string of the molecule is CCCNc1ccc(Cl)c(CSc2ncccn2)n1. The quantitative estimate of drug-likeness (QED) is 0.651. The molecule has 0 aromatic carbocycles. The largest absolute Gasteiger partial charge is 0.370 e. The van der Waals surface area contributed by atoms with Crippen molar-refractivity contribution >= 4 is 29.2 Å². The fourth-order valence-corrected chi connectivity index (χ4v) is 2.44. The molecule has 0 aliphatic heterocycles. The molecule has 1 N–H and O–H groups in total. The van der Waals surface area contributed by atoms with E-state index < -0.39 is 0 Å². The van der Waals surface area contributed by atoms with Crippen molar-refractivity contribution in [1.29, 1.82) is 0 Å². The number of nitrogens with one attached hydrogen (secondary N) is 1. The molecule has 0 fully saturated rings. The van der Waals surface area contributed by atoms with Gasteiger partial charge in [0.15, 0.2) is 5.16 Å². The van der Waals surface area contributed by atoms with Gasteiger partial charge in [-0.3, -0.25) is 0 Å². The molecule has 2 heterocycles. The van der Waals surface area contributed by atoms with E-state index in [9.17, 15) is 0 Å². The molecule has 0 atom stereocenters. The van der Waals surface area contributed by atoms with Crippen LogP contribution in [0.4, 0.5) is 5.82 Å². The normalized spacial score (nSPS) is 10.4. The molecule has 19 heavy (non-hydrogen) atoms. The first-order chi connectivity index (χ1) is 9.29. The summed E-state index contributed by atoms with van der Waals surface area (Å²) in [5, 5.41) is 4.65. The van der Waals surface area contributed by atoms with E-state index in [-0.39, 0.29) is 0 Å². The van der Waals surface area contributed by atoms with Gasteiger partial charge in [0.2, 0.25) is 0 Å². The predicted octanol–water partition coefficient (Wildman–Crippen LogP) is 3.64. The predicted molar refractivity (Wildman–Crippen MR) is 79.6 cm³/mol. The lowest BCUT2D eigenvalue weighted by atomic mass is 10.3. The van der Waals surface area contributed by atoms with E-state index in [0.717, 1.165) is 29.6 Å². The Morgan fingerprint density at radius 1 is 1.26 bits per heavy atom. The Morgan fingerprint density at radius 2 is 2.05 bits per heavy atom. The molecule has 100 valence electrons. The van der Waals surface area contributed by atoms with Gasteiger partial charge in [-0.25, -0.2) is 15.0 Å². The fraction of sp³-hybridized carbons (Fsp3) is 0.308. The number of rotatable bonds is 6. The average Bonchev–Trinajstić information content (AvgIpc) is 2.46. The molecular weight excluding hydrogens is 280 g/mol. The number of aromatic nitrogens is 3. The second-order valence-corrected chi connectivity index (χ2v) is 5.22. The Hall–Kier alpha value is -1.33. The van der Waals surface area contributed by atoms with Crippen LogP contribution in [0.5, 0.6) is 0 Å². The zero-order chi connectivity index (χ0) is 13.5. The van der Waals surface area contributed by atoms with Gasteiger partial charge in [-0.05, 0) is 24.6 Å². The topological polar surface area (TPSA) is 50.7 Å². The molecular formula is C13H15ClN4S. The molecule has 0 radical (unpaired) electrons. The molecule has 2 aromatic rings. The first kappa shape index (κ1) is 14.1. The van der Waals surface area contributed by atoms with E-state index in [1.807, 2.05) is 12.1 Å². The zero-order valence-corrected chi connectivity index (χ0v) is 12.2. The Balaban J connectivity index is 2.02. The van der Waals surface area contributed by atoms with Crippen LogP contribution in [0.3, 0.4) is 0 Å². The maximum absolute atomic E-state index is 6.15. The number of anilines is 1. The molecule has 2 rings (SSSR count). The number of thioether (sulfide) groups is 1. The first-order valence-corrected chi connectivity index (χ1v) is 7.45. The van der Waals surface area contributed by atoms with E-state index in [1.165, 1.54) is 11.8 Å². The van der Waals surface area contributed by atoms with Crippen LogP contribution in [0.25, 0.3) is 0 Å². The zero-order valence-electron chi connectivity index (χ0n) is 10.6. The van der Waals surface area contributed by atoms with Crippen molar-refractivity contribution in [1.82, 2.24) is 15.0 Å². The number of nitrogens with zero attached hydrogens (tertiary/aromatic N) is 3. The van der Waals surface area contributed by atoms with Crippen LogP contribution >= 0.6 is 23.4 Å². The first-order valence-electron chi connectivity index (χ1n) is 6.08. The Bertz CT molecular complexity index is 521. The van der Waals surface area contributed by atoms with Crippen molar-refractivity contribution in [3.8, 4) is 0 Å². The molecule has 2 aromatic heterocycles. The van der Waals surface area contributed by atoms with Gasteiger partial charge in [0.25, 0.3) is 0 Å². The average molecular weight is 295 g/mol. The van der Waals surface area contributed by atoms with Crippen LogP contribution in [0.15, 0.2) is 35.7 Å². The Kier molecular flexibility index (Phi) is 5.42. The van der Waals surface area contributed by atoms with Gasteiger partial charge in [-0.15, -0.1) is 0 Å². The van der Waals surface area contributed by atoms with E-state index >= 15 is 0 Å². The van der Waals surface area contributed by atoms with Crippen LogP contribution < -0.4 is 5.32 Å². The highest BCUT2D eigenvalue weighted by molar-refractivity contribution is 7.98. The van der Waals surface area contributed by atoms with Crippen molar-refractivity contribution in [3.05, 3.63) is 41.3 Å². The van der Waals surface area contributed by atoms with Crippen molar-refractivity contribution in [2.45, 2.75) is 24.3 Å². The maximum atomic E-state index is 6.15. The lowest BCUT2D eigenvalue weighted by molar-refractivity contribution is 0.958. The van der Waals surface area contributed by atoms with Crippen molar-refractivity contribution in [2.24, 2.45) is 0 Å². The summed E-state index contributed by atoms with van der Waals surface area (Å²) in [6.07, 6.45) is 4.51. The highest BCUT2D eigenvalue weighted by atomic mass is 35.5. The summed E-state index contributed by atoms with van der Waals surface area (Å²) in [5.74, 6) is 1.51. The molecule has 0 unspecified atom stereocenters. The van der Waals surface area contributed by atoms with Gasteiger partial charge in [-0.2, -0.15) is 0 Å². The van der Waals surface area contributed by atoms with Gasteiger partial charge in [0, 0.05) is 24.7 Å². The van der Waals surface area contributed by atoms with E-state index in [0.29, 0.717) is 10.8 Å². The lowest BCUT2D eigenvalue weighted by Gasteiger charge is -2.07. The minimum absolute atomic E-state index is 0.657. The molecule has 4 nitrogen and oxygen atoms in total. The highest BCUT2D eigenvalue weighted by Gasteiger charge is 2.06. The molecule has 0 saturated carbocycles. The van der Waals surface area contributed by atoms with Gasteiger partial charge < -0.3 is 5.32 Å². The summed E-state index contributed by atoms with van der Waals surface area (Å²) < 4.78 is 0. The summed E-state index contributed by atoms with van der Waals surface area (Å²) in [6, 6.07) is 5.56. The van der Waals surface area contributed by atoms with Crippen LogP contribution in [0.1, 0.15) is 19.0 Å². The molecule has 0 bridgehead atoms. The Morgan fingerprint density at radius 3 is 2.79 bits per heavy atom. The number of pyridine rings is 1. The molecule has 0 saturated heterocycles. The second-order valence-electron chi connectivity index (χ2n) is 3.87. The van der Waals surface area contributed by atoms with Crippen LogP contribution in [-0.2, 0) is 5.75 Å². The molecule has 0 aliphatic carbocycles. The van der Waals surface area contributed by atoms with E-state index in [2.05, 4.69) is 27.2 Å². The third-order valence-corrected chi connectivity index (χ3v) is 3.59. The van der Waals surface area contributed by atoms with Crippen molar-refractivity contribution in [3.63, 3.8) is 0 Å². The van der Waals surface area contributed by atoms with Crippen LogP contribution in [0, 0.1) is 0 Å². The molecule has 6 heteroatoms. The summed E-state index contributed by atoms with van der Waals surface area (Å²) >= 11 is 7.68. The summed E-state index contributed by atoms with van der Waals surface area (Å²) in [6.45, 7) is 3.02. The smallest absolute Gasteiger partial charge is 0.187 e. The van der Waals surface area contributed by atoms with E-state index in [1.54, 1.807) is 18.5 Å². The van der Waals surface area contributed by atoms with Gasteiger partial charge >= 0.3 is 0 Å². The minimum Gasteiger partial charge on any atom is -0.370 e. The molecule has 0 spiro atoms. The number of hydrogen-bond donors (Lipinski definition) is 1. The third kappa shape index (κ3) is 4.36. The maximum Gasteiger partial charge on any atom is 0.187 e. The summed E-state index contributed by atoms with van der Waals surface area (Å²) in [4.78, 5) is 12.8. The Labute approximate surface area is 122 Å². The molecule has 0 amide bonds. The van der Waals surface area contributed by atoms with Crippen molar-refractivity contribution < 1.29 is 0 Å².